The number of amides is 1. The molecule has 1 saturated carbocycles. The molecule has 1 aromatic rings. The van der Waals surface area contributed by atoms with Crippen LogP contribution in [0.25, 0.3) is 0 Å². The first kappa shape index (κ1) is 12.9. The summed E-state index contributed by atoms with van der Waals surface area (Å²) < 4.78 is 0. The molecule has 18 heavy (non-hydrogen) atoms. The molecule has 0 spiro atoms. The molecule has 1 aromatic carbocycles. The van der Waals surface area contributed by atoms with Gasteiger partial charge in [0.2, 0.25) is 5.91 Å². The van der Waals surface area contributed by atoms with Crippen LogP contribution in [0.1, 0.15) is 32.3 Å². The van der Waals surface area contributed by atoms with E-state index in [4.69, 9.17) is 5.73 Å². The van der Waals surface area contributed by atoms with Gasteiger partial charge in [-0.2, -0.15) is 0 Å². The van der Waals surface area contributed by atoms with Crippen LogP contribution < -0.4 is 5.73 Å². The second-order valence-corrected chi connectivity index (χ2v) is 5.59. The molecule has 0 aliphatic heterocycles. The highest BCUT2D eigenvalue weighted by Gasteiger charge is 2.32. The molecule has 2 N–H and O–H groups in total. The van der Waals surface area contributed by atoms with Crippen LogP contribution in [0.3, 0.4) is 0 Å². The van der Waals surface area contributed by atoms with Gasteiger partial charge in [-0.3, -0.25) is 4.79 Å². The van der Waals surface area contributed by atoms with E-state index in [1.807, 2.05) is 29.2 Å². The lowest BCUT2D eigenvalue weighted by Gasteiger charge is -2.24. The van der Waals surface area contributed by atoms with E-state index in [1.165, 1.54) is 0 Å². The Morgan fingerprint density at radius 3 is 2.72 bits per heavy atom. The Kier molecular flexibility index (Phi) is 3.90. The molecule has 0 unspecified atom stereocenters. The third kappa shape index (κ3) is 3.49. The van der Waals surface area contributed by atoms with Gasteiger partial charge >= 0.3 is 0 Å². The molecule has 1 aliphatic rings. The lowest BCUT2D eigenvalue weighted by molar-refractivity contribution is -0.131. The van der Waals surface area contributed by atoms with E-state index >= 15 is 0 Å². The van der Waals surface area contributed by atoms with Gasteiger partial charge in [-0.15, -0.1) is 0 Å². The molecule has 0 bridgehead atoms. The monoisotopic (exact) mass is 246 g/mol. The number of hydrogen-bond donors (Lipinski definition) is 1. The van der Waals surface area contributed by atoms with Crippen molar-refractivity contribution in [2.45, 2.75) is 39.2 Å². The summed E-state index contributed by atoms with van der Waals surface area (Å²) in [6.45, 7) is 5.18. The van der Waals surface area contributed by atoms with Crippen LogP contribution in [-0.4, -0.2) is 23.4 Å². The number of nitrogens with two attached hydrogens (primary N) is 1. The normalized spacial score (nSPS) is 14.8. The zero-order chi connectivity index (χ0) is 13.1. The number of carbonyl (C=O) groups is 1. The van der Waals surface area contributed by atoms with Gasteiger partial charge in [0.05, 0.1) is 6.42 Å². The fourth-order valence-electron chi connectivity index (χ4n) is 2.21. The summed E-state index contributed by atoms with van der Waals surface area (Å²) in [5, 5.41) is 0. The molecular formula is C15H22N2O. The molecule has 0 heterocycles. The second-order valence-electron chi connectivity index (χ2n) is 5.59. The third-order valence-corrected chi connectivity index (χ3v) is 3.18. The average molecular weight is 246 g/mol. The predicted molar refractivity (Wildman–Crippen MR) is 74.1 cm³/mol. The molecule has 1 amide bonds. The number of anilines is 1. The molecule has 3 heteroatoms. The first-order valence-corrected chi connectivity index (χ1v) is 6.70. The largest absolute Gasteiger partial charge is 0.399 e. The fraction of sp³-hybridized carbons (Fsp3) is 0.533. The van der Waals surface area contributed by atoms with E-state index in [2.05, 4.69) is 13.8 Å². The van der Waals surface area contributed by atoms with Crippen molar-refractivity contribution in [1.82, 2.24) is 4.90 Å². The van der Waals surface area contributed by atoms with Gasteiger partial charge in [-0.05, 0) is 36.5 Å². The van der Waals surface area contributed by atoms with Gasteiger partial charge in [0.1, 0.15) is 0 Å². The molecule has 3 nitrogen and oxygen atoms in total. The van der Waals surface area contributed by atoms with Crippen molar-refractivity contribution in [2.75, 3.05) is 12.3 Å². The number of carbonyl (C=O) groups excluding carboxylic acids is 1. The Labute approximate surface area is 109 Å². The maximum absolute atomic E-state index is 12.3. The lowest BCUT2D eigenvalue weighted by Crippen LogP contribution is -2.37. The first-order valence-electron chi connectivity index (χ1n) is 6.70. The minimum absolute atomic E-state index is 0.233. The smallest absolute Gasteiger partial charge is 0.227 e. The summed E-state index contributed by atoms with van der Waals surface area (Å²) in [5.41, 5.74) is 7.47. The van der Waals surface area contributed by atoms with Crippen LogP contribution in [0.2, 0.25) is 0 Å². The maximum atomic E-state index is 12.3. The number of rotatable bonds is 5. The van der Waals surface area contributed by atoms with E-state index in [1.54, 1.807) is 0 Å². The quantitative estimate of drug-likeness (QED) is 0.811. The maximum Gasteiger partial charge on any atom is 0.227 e. The van der Waals surface area contributed by atoms with Crippen LogP contribution in [0.5, 0.6) is 0 Å². The first-order chi connectivity index (χ1) is 8.56. The minimum Gasteiger partial charge on any atom is -0.399 e. The summed E-state index contributed by atoms with van der Waals surface area (Å²) in [6, 6.07) is 8.09. The Morgan fingerprint density at radius 2 is 2.17 bits per heavy atom. The van der Waals surface area contributed by atoms with Crippen LogP contribution in [0, 0.1) is 5.92 Å². The highest BCUT2D eigenvalue weighted by Crippen LogP contribution is 2.28. The van der Waals surface area contributed by atoms with E-state index < -0.39 is 0 Å². The van der Waals surface area contributed by atoms with Crippen molar-refractivity contribution in [3.05, 3.63) is 29.8 Å². The van der Waals surface area contributed by atoms with Crippen molar-refractivity contribution >= 4 is 11.6 Å². The Hall–Kier alpha value is -1.51. The number of hydrogen-bond acceptors (Lipinski definition) is 2. The van der Waals surface area contributed by atoms with E-state index in [9.17, 15) is 4.79 Å². The third-order valence-electron chi connectivity index (χ3n) is 3.18. The second kappa shape index (κ2) is 5.42. The molecular weight excluding hydrogens is 224 g/mol. The van der Waals surface area contributed by atoms with Crippen molar-refractivity contribution < 1.29 is 4.79 Å². The highest BCUT2D eigenvalue weighted by atomic mass is 16.2. The summed E-state index contributed by atoms with van der Waals surface area (Å²) in [5.74, 6) is 0.757. The average Bonchev–Trinajstić information content (AvgIpc) is 3.09. The molecule has 1 fully saturated rings. The zero-order valence-corrected chi connectivity index (χ0v) is 11.2. The predicted octanol–water partition coefficient (Wildman–Crippen LogP) is 2.46. The number of nitrogens with zero attached hydrogens (tertiary/aromatic N) is 1. The Balaban J connectivity index is 2.00. The zero-order valence-electron chi connectivity index (χ0n) is 11.2. The van der Waals surface area contributed by atoms with Crippen LogP contribution in [0.4, 0.5) is 5.69 Å². The van der Waals surface area contributed by atoms with Gasteiger partial charge in [0.15, 0.2) is 0 Å². The fourth-order valence-corrected chi connectivity index (χ4v) is 2.21. The van der Waals surface area contributed by atoms with Crippen LogP contribution in [-0.2, 0) is 11.2 Å². The van der Waals surface area contributed by atoms with Crippen LogP contribution in [0.15, 0.2) is 24.3 Å². The lowest BCUT2D eigenvalue weighted by atomic mass is 10.1. The summed E-state index contributed by atoms with van der Waals surface area (Å²) >= 11 is 0. The van der Waals surface area contributed by atoms with Crippen molar-refractivity contribution in [3.63, 3.8) is 0 Å². The topological polar surface area (TPSA) is 46.3 Å². The summed E-state index contributed by atoms with van der Waals surface area (Å²) in [4.78, 5) is 14.4. The van der Waals surface area contributed by atoms with E-state index in [0.29, 0.717) is 18.4 Å². The standard InChI is InChI=1S/C15H22N2O/c1-11(2)10-17(14-6-7-14)15(18)9-12-4-3-5-13(16)8-12/h3-5,8,11,14H,6-7,9-10,16H2,1-2H3. The molecule has 0 atom stereocenters. The molecule has 1 aliphatic carbocycles. The summed E-state index contributed by atoms with van der Waals surface area (Å²) in [7, 11) is 0. The Morgan fingerprint density at radius 1 is 1.44 bits per heavy atom. The van der Waals surface area contributed by atoms with Gasteiger partial charge < -0.3 is 10.6 Å². The molecule has 2 rings (SSSR count). The van der Waals surface area contributed by atoms with Gasteiger partial charge in [0, 0.05) is 18.3 Å². The summed E-state index contributed by atoms with van der Waals surface area (Å²) in [6.07, 6.45) is 2.79. The molecule has 0 saturated heterocycles. The molecule has 0 radical (unpaired) electrons. The van der Waals surface area contributed by atoms with Gasteiger partial charge in [-0.1, -0.05) is 26.0 Å². The van der Waals surface area contributed by atoms with Gasteiger partial charge in [0.25, 0.3) is 0 Å². The molecule has 0 aromatic heterocycles. The SMILES string of the molecule is CC(C)CN(C(=O)Cc1cccc(N)c1)C1CC1. The van der Waals surface area contributed by atoms with E-state index in [0.717, 1.165) is 30.6 Å². The van der Waals surface area contributed by atoms with Crippen molar-refractivity contribution in [2.24, 2.45) is 5.92 Å². The minimum atomic E-state index is 0.233. The van der Waals surface area contributed by atoms with Crippen molar-refractivity contribution in [1.29, 1.82) is 0 Å². The highest BCUT2D eigenvalue weighted by molar-refractivity contribution is 5.79. The van der Waals surface area contributed by atoms with Crippen LogP contribution >= 0.6 is 0 Å². The molecule has 98 valence electrons. The van der Waals surface area contributed by atoms with E-state index in [-0.39, 0.29) is 5.91 Å². The number of nitrogen functional groups attached to an aromatic ring is 1. The van der Waals surface area contributed by atoms with Gasteiger partial charge in [-0.25, -0.2) is 0 Å². The number of benzene rings is 1. The van der Waals surface area contributed by atoms with Crippen molar-refractivity contribution in [3.8, 4) is 0 Å². The Bertz CT molecular complexity index is 424.